The molecule has 0 aliphatic rings. The van der Waals surface area contributed by atoms with Gasteiger partial charge in [-0.25, -0.2) is 4.79 Å². The van der Waals surface area contributed by atoms with Gasteiger partial charge < -0.3 is 14.8 Å². The summed E-state index contributed by atoms with van der Waals surface area (Å²) in [4.78, 5) is 24.0. The van der Waals surface area contributed by atoms with E-state index in [1.165, 1.54) is 4.57 Å². The lowest BCUT2D eigenvalue weighted by atomic mass is 10.2. The Morgan fingerprint density at radius 1 is 1.25 bits per heavy atom. The number of fused-ring (bicyclic) bond motifs is 1. The monoisotopic (exact) mass is 346 g/mol. The first kappa shape index (κ1) is 16.3. The highest BCUT2D eigenvalue weighted by Gasteiger charge is 2.11. The average Bonchev–Trinajstić information content (AvgIpc) is 2.87. The highest BCUT2D eigenvalue weighted by Crippen LogP contribution is 2.18. The van der Waals surface area contributed by atoms with Crippen molar-refractivity contribution in [3.05, 3.63) is 63.6 Å². The lowest BCUT2D eigenvalue weighted by molar-refractivity contribution is -0.116. The fourth-order valence-corrected chi connectivity index (χ4v) is 2.60. The summed E-state index contributed by atoms with van der Waals surface area (Å²) in [7, 11) is 0. The third kappa shape index (κ3) is 3.50. The molecule has 0 saturated carbocycles. The molecule has 1 aromatic heterocycles. The van der Waals surface area contributed by atoms with Gasteiger partial charge in [0, 0.05) is 29.7 Å². The average molecular weight is 347 g/mol. The number of aryl methyl sites for hydroxylation is 1. The Hall–Kier alpha value is -2.57. The lowest BCUT2D eigenvalue weighted by Gasteiger charge is -2.07. The largest absolute Gasteiger partial charge is 0.419 e. The Balaban J connectivity index is 1.70. The summed E-state index contributed by atoms with van der Waals surface area (Å²) >= 11 is 5.87. The number of carbonyl (C=O) groups is 1. The van der Waals surface area contributed by atoms with Gasteiger partial charge in [0.25, 0.3) is 0 Å². The Morgan fingerprint density at radius 3 is 2.88 bits per heavy atom. The molecule has 0 radical (unpaired) electrons. The fourth-order valence-electron chi connectivity index (χ4n) is 2.44. The molecule has 0 atom stereocenters. The molecule has 2 N–H and O–H groups in total. The standard InChI is InChI=1S/C17H15ClN2O4/c18-12-4-5-14-15(9-12)24-17(23)20(14)7-6-16(22)19-13-3-1-2-11(8-13)10-21/h1-5,8-9,21H,6-7,10H2,(H,19,22). The van der Waals surface area contributed by atoms with Crippen LogP contribution in [0.2, 0.25) is 5.02 Å². The molecule has 0 saturated heterocycles. The number of aliphatic hydroxyl groups excluding tert-OH is 1. The van der Waals surface area contributed by atoms with Crippen molar-refractivity contribution in [1.29, 1.82) is 0 Å². The molecule has 0 aliphatic heterocycles. The van der Waals surface area contributed by atoms with Crippen LogP contribution in [-0.4, -0.2) is 15.6 Å². The molecule has 0 aliphatic carbocycles. The zero-order valence-corrected chi connectivity index (χ0v) is 13.4. The number of hydrogen-bond donors (Lipinski definition) is 2. The first-order valence-corrected chi connectivity index (χ1v) is 7.73. The zero-order valence-electron chi connectivity index (χ0n) is 12.7. The van der Waals surface area contributed by atoms with Crippen LogP contribution in [0, 0.1) is 0 Å². The first-order valence-electron chi connectivity index (χ1n) is 7.35. The van der Waals surface area contributed by atoms with Gasteiger partial charge in [-0.15, -0.1) is 0 Å². The van der Waals surface area contributed by atoms with E-state index >= 15 is 0 Å². The summed E-state index contributed by atoms with van der Waals surface area (Å²) in [5.74, 6) is -0.761. The van der Waals surface area contributed by atoms with Crippen LogP contribution in [0.1, 0.15) is 12.0 Å². The normalized spacial score (nSPS) is 10.9. The first-order chi connectivity index (χ1) is 11.6. The van der Waals surface area contributed by atoms with Crippen molar-refractivity contribution in [3.8, 4) is 0 Å². The minimum Gasteiger partial charge on any atom is -0.408 e. The molecule has 6 nitrogen and oxygen atoms in total. The molecule has 1 amide bonds. The third-order valence-corrected chi connectivity index (χ3v) is 3.82. The zero-order chi connectivity index (χ0) is 17.1. The minimum absolute atomic E-state index is 0.0946. The quantitative estimate of drug-likeness (QED) is 0.744. The second kappa shape index (κ2) is 6.90. The molecule has 0 fully saturated rings. The summed E-state index contributed by atoms with van der Waals surface area (Å²) in [6.45, 7) is 0.0989. The number of carbonyl (C=O) groups excluding carboxylic acids is 1. The van der Waals surface area contributed by atoms with E-state index in [-0.39, 0.29) is 25.5 Å². The van der Waals surface area contributed by atoms with Gasteiger partial charge in [-0.05, 0) is 29.8 Å². The summed E-state index contributed by atoms with van der Waals surface area (Å²) in [5.41, 5.74) is 2.30. The Kier molecular flexibility index (Phi) is 4.69. The van der Waals surface area contributed by atoms with Crippen molar-refractivity contribution in [3.63, 3.8) is 0 Å². The van der Waals surface area contributed by atoms with Crippen molar-refractivity contribution < 1.29 is 14.3 Å². The molecule has 0 unspecified atom stereocenters. The number of anilines is 1. The minimum atomic E-state index is -0.526. The van der Waals surface area contributed by atoms with Crippen LogP contribution in [0.15, 0.2) is 51.7 Å². The van der Waals surface area contributed by atoms with Crippen LogP contribution in [0.5, 0.6) is 0 Å². The summed E-state index contributed by atoms with van der Waals surface area (Å²) in [5, 5.41) is 12.3. The van der Waals surface area contributed by atoms with Gasteiger partial charge in [0.1, 0.15) is 0 Å². The summed E-state index contributed by atoms with van der Waals surface area (Å²) in [6.07, 6.45) is 0.112. The van der Waals surface area contributed by atoms with E-state index in [1.807, 2.05) is 0 Å². The van der Waals surface area contributed by atoms with Crippen molar-refractivity contribution in [2.24, 2.45) is 0 Å². The highest BCUT2D eigenvalue weighted by atomic mass is 35.5. The van der Waals surface area contributed by atoms with Crippen LogP contribution < -0.4 is 11.1 Å². The van der Waals surface area contributed by atoms with Gasteiger partial charge in [0.2, 0.25) is 5.91 Å². The molecule has 24 heavy (non-hydrogen) atoms. The second-order valence-corrected chi connectivity index (χ2v) is 5.72. The number of aliphatic hydroxyl groups is 1. The maximum Gasteiger partial charge on any atom is 0.419 e. The van der Waals surface area contributed by atoms with Gasteiger partial charge in [0.15, 0.2) is 5.58 Å². The van der Waals surface area contributed by atoms with Gasteiger partial charge in [-0.2, -0.15) is 0 Å². The van der Waals surface area contributed by atoms with Crippen LogP contribution in [0.4, 0.5) is 5.69 Å². The highest BCUT2D eigenvalue weighted by molar-refractivity contribution is 6.31. The number of benzene rings is 2. The van der Waals surface area contributed by atoms with E-state index in [9.17, 15) is 9.59 Å². The van der Waals surface area contributed by atoms with E-state index in [0.717, 1.165) is 0 Å². The summed E-state index contributed by atoms with van der Waals surface area (Å²) < 4.78 is 6.52. The number of nitrogens with one attached hydrogen (secondary N) is 1. The Morgan fingerprint density at radius 2 is 2.08 bits per heavy atom. The molecular weight excluding hydrogens is 332 g/mol. The van der Waals surface area contributed by atoms with E-state index < -0.39 is 5.76 Å². The van der Waals surface area contributed by atoms with Crippen LogP contribution in [0.25, 0.3) is 11.1 Å². The van der Waals surface area contributed by atoms with Gasteiger partial charge >= 0.3 is 5.76 Å². The van der Waals surface area contributed by atoms with Gasteiger partial charge in [0.05, 0.1) is 12.1 Å². The van der Waals surface area contributed by atoms with Crippen molar-refractivity contribution >= 4 is 34.3 Å². The van der Waals surface area contributed by atoms with Gasteiger partial charge in [-0.3, -0.25) is 9.36 Å². The number of halogens is 1. The number of oxazole rings is 1. The van der Waals surface area contributed by atoms with E-state index in [1.54, 1.807) is 42.5 Å². The number of rotatable bonds is 5. The van der Waals surface area contributed by atoms with E-state index in [0.29, 0.717) is 27.4 Å². The molecule has 7 heteroatoms. The van der Waals surface area contributed by atoms with Crippen molar-refractivity contribution in [2.75, 3.05) is 5.32 Å². The number of amides is 1. The van der Waals surface area contributed by atoms with Crippen LogP contribution in [-0.2, 0) is 17.9 Å². The third-order valence-electron chi connectivity index (χ3n) is 3.59. The molecule has 3 aromatic rings. The maximum absolute atomic E-state index is 12.1. The lowest BCUT2D eigenvalue weighted by Crippen LogP contribution is -2.19. The fraction of sp³-hybridized carbons (Fsp3) is 0.176. The predicted molar refractivity (Wildman–Crippen MR) is 91.1 cm³/mol. The molecule has 3 rings (SSSR count). The smallest absolute Gasteiger partial charge is 0.408 e. The van der Waals surface area contributed by atoms with E-state index in [2.05, 4.69) is 5.32 Å². The van der Waals surface area contributed by atoms with Gasteiger partial charge in [-0.1, -0.05) is 23.7 Å². The van der Waals surface area contributed by atoms with Crippen molar-refractivity contribution in [1.82, 2.24) is 4.57 Å². The number of aromatic nitrogens is 1. The van der Waals surface area contributed by atoms with Crippen LogP contribution in [0.3, 0.4) is 0 Å². The van der Waals surface area contributed by atoms with Crippen molar-refractivity contribution in [2.45, 2.75) is 19.6 Å². The molecule has 0 bridgehead atoms. The number of hydrogen-bond acceptors (Lipinski definition) is 4. The molecule has 124 valence electrons. The van der Waals surface area contributed by atoms with E-state index in [4.69, 9.17) is 21.1 Å². The van der Waals surface area contributed by atoms with Crippen LogP contribution >= 0.6 is 11.6 Å². The number of nitrogens with zero attached hydrogens (tertiary/aromatic N) is 1. The topological polar surface area (TPSA) is 84.5 Å². The second-order valence-electron chi connectivity index (χ2n) is 5.29. The predicted octanol–water partition coefficient (Wildman–Crippen LogP) is 2.77. The molecule has 0 spiro atoms. The Bertz CT molecular complexity index is 945. The maximum atomic E-state index is 12.1. The molecule has 1 heterocycles. The Labute approximate surface area is 142 Å². The molecular formula is C17H15ClN2O4. The summed E-state index contributed by atoms with van der Waals surface area (Å²) in [6, 6.07) is 11.9. The SMILES string of the molecule is O=C(CCn1c(=O)oc2cc(Cl)ccc21)Nc1cccc(CO)c1. The molecule has 2 aromatic carbocycles.